The predicted octanol–water partition coefficient (Wildman–Crippen LogP) is 0.984. The van der Waals surface area contributed by atoms with E-state index in [9.17, 15) is 14.7 Å². The lowest BCUT2D eigenvalue weighted by Crippen LogP contribution is -2.45. The van der Waals surface area contributed by atoms with E-state index in [1.165, 1.54) is 12.8 Å². The Bertz CT molecular complexity index is 388. The predicted molar refractivity (Wildman–Crippen MR) is 69.7 cm³/mol. The fraction of sp³-hybridized carbons (Fsp3) is 0.857. The fourth-order valence-corrected chi connectivity index (χ4v) is 2.92. The van der Waals surface area contributed by atoms with Gasteiger partial charge in [0.15, 0.2) is 0 Å². The molecule has 0 aromatic carbocycles. The highest BCUT2D eigenvalue weighted by Crippen LogP contribution is 2.37. The molecule has 19 heavy (non-hydrogen) atoms. The molecule has 0 bridgehead atoms. The van der Waals surface area contributed by atoms with Crippen molar-refractivity contribution in [2.75, 3.05) is 13.1 Å². The number of amides is 1. The lowest BCUT2D eigenvalue weighted by Gasteiger charge is -2.22. The van der Waals surface area contributed by atoms with Crippen LogP contribution in [0.25, 0.3) is 0 Å². The number of rotatable bonds is 5. The highest BCUT2D eigenvalue weighted by molar-refractivity contribution is 5.82. The molecule has 0 radical (unpaired) electrons. The van der Waals surface area contributed by atoms with Crippen LogP contribution in [0.4, 0.5) is 0 Å². The Labute approximate surface area is 113 Å². The van der Waals surface area contributed by atoms with Gasteiger partial charge in [0.05, 0.1) is 0 Å². The maximum Gasteiger partial charge on any atom is 0.323 e. The number of hydrogen-bond acceptors (Lipinski definition) is 3. The Morgan fingerprint density at radius 2 is 2.05 bits per heavy atom. The van der Waals surface area contributed by atoms with Crippen molar-refractivity contribution in [3.63, 3.8) is 0 Å². The number of nitrogens with one attached hydrogen (secondary N) is 1. The van der Waals surface area contributed by atoms with Crippen LogP contribution in [-0.4, -0.2) is 46.6 Å². The van der Waals surface area contributed by atoms with Gasteiger partial charge in [0, 0.05) is 25.6 Å². The molecule has 106 valence electrons. The molecule has 1 atom stereocenters. The van der Waals surface area contributed by atoms with E-state index in [0.717, 1.165) is 44.7 Å². The normalized spacial score (nSPS) is 30.0. The Balaban J connectivity index is 1.54. The van der Waals surface area contributed by atoms with Gasteiger partial charge in [-0.15, -0.1) is 0 Å². The molecule has 2 saturated carbocycles. The molecule has 0 spiro atoms. The summed E-state index contributed by atoms with van der Waals surface area (Å²) in [6.45, 7) is 1.69. The summed E-state index contributed by atoms with van der Waals surface area (Å²) in [5, 5.41) is 12.5. The SMILES string of the molecule is O=C1CC[C@H](NC2(C(=O)O)CC2)CCN1CC1CC1. The Hall–Kier alpha value is -1.10. The van der Waals surface area contributed by atoms with Crippen LogP contribution >= 0.6 is 0 Å². The number of aliphatic carboxylic acids is 1. The molecule has 1 heterocycles. The Morgan fingerprint density at radius 1 is 1.32 bits per heavy atom. The summed E-state index contributed by atoms with van der Waals surface area (Å²) in [6.07, 6.45) is 6.17. The summed E-state index contributed by atoms with van der Waals surface area (Å²) in [4.78, 5) is 25.2. The number of hydrogen-bond donors (Lipinski definition) is 2. The molecular weight excluding hydrogens is 244 g/mol. The minimum Gasteiger partial charge on any atom is -0.480 e. The lowest BCUT2D eigenvalue weighted by atomic mass is 10.1. The zero-order chi connectivity index (χ0) is 13.5. The number of nitrogens with zero attached hydrogens (tertiary/aromatic N) is 1. The van der Waals surface area contributed by atoms with E-state index in [4.69, 9.17) is 0 Å². The van der Waals surface area contributed by atoms with Gasteiger partial charge in [0.25, 0.3) is 0 Å². The van der Waals surface area contributed by atoms with Crippen LogP contribution in [0, 0.1) is 5.92 Å². The summed E-state index contributed by atoms with van der Waals surface area (Å²) >= 11 is 0. The number of likely N-dealkylation sites (tertiary alicyclic amines) is 1. The average Bonchev–Trinajstić information content (AvgIpc) is 3.22. The Kier molecular flexibility index (Phi) is 3.25. The largest absolute Gasteiger partial charge is 0.480 e. The molecule has 0 unspecified atom stereocenters. The number of carboxylic acids is 1. The molecule has 0 aromatic heterocycles. The lowest BCUT2D eigenvalue weighted by molar-refractivity contribution is -0.141. The maximum absolute atomic E-state index is 12.0. The molecule has 3 rings (SSSR count). The van der Waals surface area contributed by atoms with Crippen LogP contribution in [0.1, 0.15) is 44.9 Å². The Morgan fingerprint density at radius 3 is 2.63 bits per heavy atom. The monoisotopic (exact) mass is 266 g/mol. The van der Waals surface area contributed by atoms with Gasteiger partial charge < -0.3 is 10.0 Å². The van der Waals surface area contributed by atoms with E-state index in [-0.39, 0.29) is 11.9 Å². The summed E-state index contributed by atoms with van der Waals surface area (Å²) in [5.74, 6) is 0.233. The van der Waals surface area contributed by atoms with Crippen molar-refractivity contribution in [1.29, 1.82) is 0 Å². The van der Waals surface area contributed by atoms with Crippen molar-refractivity contribution in [2.24, 2.45) is 5.92 Å². The van der Waals surface area contributed by atoms with E-state index in [1.54, 1.807) is 0 Å². The minimum atomic E-state index is -0.738. The summed E-state index contributed by atoms with van der Waals surface area (Å²) in [5.41, 5.74) is -0.681. The molecule has 2 N–H and O–H groups in total. The number of carbonyl (C=O) groups excluding carboxylic acids is 1. The average molecular weight is 266 g/mol. The van der Waals surface area contributed by atoms with E-state index in [2.05, 4.69) is 5.32 Å². The maximum atomic E-state index is 12.0. The highest BCUT2D eigenvalue weighted by Gasteiger charge is 2.51. The van der Waals surface area contributed by atoms with Gasteiger partial charge in [0.1, 0.15) is 5.54 Å². The van der Waals surface area contributed by atoms with E-state index in [0.29, 0.717) is 6.42 Å². The van der Waals surface area contributed by atoms with Gasteiger partial charge in [-0.3, -0.25) is 14.9 Å². The van der Waals surface area contributed by atoms with Crippen LogP contribution in [0.2, 0.25) is 0 Å². The molecule has 3 aliphatic rings. The second-order valence-corrected chi connectivity index (χ2v) is 6.34. The van der Waals surface area contributed by atoms with Crippen molar-refractivity contribution >= 4 is 11.9 Å². The van der Waals surface area contributed by atoms with Crippen LogP contribution in [0.3, 0.4) is 0 Å². The number of carboxylic acid groups (broad SMARTS) is 1. The van der Waals surface area contributed by atoms with Gasteiger partial charge in [-0.2, -0.15) is 0 Å². The van der Waals surface area contributed by atoms with Crippen molar-refractivity contribution in [3.05, 3.63) is 0 Å². The van der Waals surface area contributed by atoms with E-state index in [1.807, 2.05) is 4.90 Å². The first-order valence-corrected chi connectivity index (χ1v) is 7.38. The molecule has 1 aliphatic heterocycles. The quantitative estimate of drug-likeness (QED) is 0.778. The third-order valence-corrected chi connectivity index (χ3v) is 4.62. The summed E-state index contributed by atoms with van der Waals surface area (Å²) in [7, 11) is 0. The molecule has 3 fully saturated rings. The smallest absolute Gasteiger partial charge is 0.323 e. The van der Waals surface area contributed by atoms with E-state index < -0.39 is 11.5 Å². The molecule has 5 nitrogen and oxygen atoms in total. The summed E-state index contributed by atoms with van der Waals surface area (Å²) < 4.78 is 0. The first kappa shape index (κ1) is 12.9. The van der Waals surface area contributed by atoms with Gasteiger partial charge in [-0.25, -0.2) is 0 Å². The molecule has 1 saturated heterocycles. The van der Waals surface area contributed by atoms with Crippen LogP contribution in [0.15, 0.2) is 0 Å². The highest BCUT2D eigenvalue weighted by atomic mass is 16.4. The molecule has 1 amide bonds. The zero-order valence-corrected chi connectivity index (χ0v) is 11.2. The van der Waals surface area contributed by atoms with Crippen molar-refractivity contribution in [3.8, 4) is 0 Å². The van der Waals surface area contributed by atoms with E-state index >= 15 is 0 Å². The second kappa shape index (κ2) is 4.78. The first-order valence-electron chi connectivity index (χ1n) is 7.38. The first-order chi connectivity index (χ1) is 9.09. The standard InChI is InChI=1S/C14H22N2O3/c17-12-4-3-11(15-14(6-7-14)13(18)19)5-8-16(12)9-10-1-2-10/h10-11,15H,1-9H2,(H,18,19)/t11-/m0/s1. The fourth-order valence-electron chi connectivity index (χ4n) is 2.92. The van der Waals surface area contributed by atoms with Gasteiger partial charge in [0.2, 0.25) is 5.91 Å². The van der Waals surface area contributed by atoms with Gasteiger partial charge in [-0.05, 0) is 44.4 Å². The third-order valence-electron chi connectivity index (χ3n) is 4.62. The molecule has 0 aromatic rings. The van der Waals surface area contributed by atoms with Crippen molar-refractivity contribution < 1.29 is 14.7 Å². The summed E-state index contributed by atoms with van der Waals surface area (Å²) in [6, 6.07) is 0.173. The van der Waals surface area contributed by atoms with Gasteiger partial charge in [-0.1, -0.05) is 0 Å². The van der Waals surface area contributed by atoms with Crippen molar-refractivity contribution in [2.45, 2.75) is 56.5 Å². The minimum absolute atomic E-state index is 0.173. The second-order valence-electron chi connectivity index (χ2n) is 6.34. The van der Waals surface area contributed by atoms with Crippen molar-refractivity contribution in [1.82, 2.24) is 10.2 Å². The van der Waals surface area contributed by atoms with Crippen LogP contribution in [0.5, 0.6) is 0 Å². The molecular formula is C14H22N2O3. The van der Waals surface area contributed by atoms with Gasteiger partial charge >= 0.3 is 5.97 Å². The van der Waals surface area contributed by atoms with Crippen LogP contribution < -0.4 is 5.32 Å². The zero-order valence-electron chi connectivity index (χ0n) is 11.2. The number of carbonyl (C=O) groups is 2. The molecule has 2 aliphatic carbocycles. The third kappa shape index (κ3) is 2.91. The topological polar surface area (TPSA) is 69.6 Å². The van der Waals surface area contributed by atoms with Crippen LogP contribution in [-0.2, 0) is 9.59 Å². The molecule has 5 heteroatoms.